The summed E-state index contributed by atoms with van der Waals surface area (Å²) in [5, 5.41) is 10.3. The average molecular weight is 519 g/mol. The van der Waals surface area contributed by atoms with Crippen LogP contribution < -0.4 is 10.3 Å². The number of rotatable bonds is 9. The molecule has 0 bridgehead atoms. The fraction of sp³-hybridized carbons (Fsp3) is 0.300. The van der Waals surface area contributed by atoms with E-state index >= 15 is 0 Å². The standard InChI is InChI=1S/C30H31ClN2O4/c1-5-6-10-26-32-25-12-11-18(2)13-23(25)29(34)33(26)16-21-14-19(3)28(20(4)15-21)37-17-22-8-7-9-24(31)27(22)30(35)36/h7-9,11-15H,5-6,10,16-17H2,1-4H3,(H,35,36). The Morgan fingerprint density at radius 1 is 1.08 bits per heavy atom. The average Bonchev–Trinajstić information content (AvgIpc) is 2.84. The Hall–Kier alpha value is -3.64. The van der Waals surface area contributed by atoms with E-state index < -0.39 is 5.97 Å². The van der Waals surface area contributed by atoms with Crippen LogP contribution in [0, 0.1) is 20.8 Å². The van der Waals surface area contributed by atoms with Crippen molar-refractivity contribution in [2.75, 3.05) is 0 Å². The Kier molecular flexibility index (Phi) is 7.98. The summed E-state index contributed by atoms with van der Waals surface area (Å²) in [4.78, 5) is 30.0. The second-order valence-electron chi connectivity index (χ2n) is 9.47. The molecule has 1 heterocycles. The molecule has 192 valence electrons. The van der Waals surface area contributed by atoms with E-state index in [0.29, 0.717) is 23.2 Å². The van der Waals surface area contributed by atoms with Crippen LogP contribution in [0.2, 0.25) is 5.02 Å². The third-order valence-electron chi connectivity index (χ3n) is 6.49. The maximum absolute atomic E-state index is 13.5. The SMILES string of the molecule is CCCCc1nc2ccc(C)cc2c(=O)n1Cc1cc(C)c(OCc2cccc(Cl)c2C(=O)O)c(C)c1. The number of halogens is 1. The van der Waals surface area contributed by atoms with Gasteiger partial charge in [-0.1, -0.05) is 60.8 Å². The van der Waals surface area contributed by atoms with Gasteiger partial charge in [-0.05, 0) is 62.1 Å². The number of carbonyl (C=O) groups is 1. The van der Waals surface area contributed by atoms with Crippen LogP contribution in [0.15, 0.2) is 53.3 Å². The first-order valence-corrected chi connectivity index (χ1v) is 12.8. The number of hydrogen-bond donors (Lipinski definition) is 1. The van der Waals surface area contributed by atoms with Gasteiger partial charge in [0.05, 0.1) is 28.0 Å². The molecule has 0 fully saturated rings. The zero-order chi connectivity index (χ0) is 26.7. The van der Waals surface area contributed by atoms with Crippen LogP contribution >= 0.6 is 11.6 Å². The van der Waals surface area contributed by atoms with Gasteiger partial charge in [-0.15, -0.1) is 0 Å². The second kappa shape index (κ2) is 11.2. The van der Waals surface area contributed by atoms with Crippen LogP contribution in [0.4, 0.5) is 0 Å². The molecule has 1 N–H and O–H groups in total. The molecule has 4 rings (SSSR count). The normalized spacial score (nSPS) is 11.2. The highest BCUT2D eigenvalue weighted by molar-refractivity contribution is 6.33. The van der Waals surface area contributed by atoms with Crippen molar-refractivity contribution >= 4 is 28.5 Å². The van der Waals surface area contributed by atoms with Crippen molar-refractivity contribution in [2.24, 2.45) is 0 Å². The fourth-order valence-electron chi connectivity index (χ4n) is 4.69. The molecule has 0 aliphatic heterocycles. The third-order valence-corrected chi connectivity index (χ3v) is 6.80. The van der Waals surface area contributed by atoms with Crippen LogP contribution in [0.5, 0.6) is 5.75 Å². The van der Waals surface area contributed by atoms with E-state index in [1.165, 1.54) is 0 Å². The lowest BCUT2D eigenvalue weighted by molar-refractivity contribution is 0.0694. The van der Waals surface area contributed by atoms with Crippen molar-refractivity contribution in [1.29, 1.82) is 0 Å². The summed E-state index contributed by atoms with van der Waals surface area (Å²) in [6.07, 6.45) is 2.71. The van der Waals surface area contributed by atoms with Gasteiger partial charge in [0.1, 0.15) is 18.2 Å². The largest absolute Gasteiger partial charge is 0.488 e. The van der Waals surface area contributed by atoms with Crippen molar-refractivity contribution < 1.29 is 14.6 Å². The smallest absolute Gasteiger partial charge is 0.337 e. The zero-order valence-electron chi connectivity index (χ0n) is 21.6. The quantitative estimate of drug-likeness (QED) is 0.268. The van der Waals surface area contributed by atoms with Crippen LogP contribution in [0.1, 0.15) is 63.8 Å². The molecular formula is C30H31ClN2O4. The lowest BCUT2D eigenvalue weighted by Gasteiger charge is -2.17. The van der Waals surface area contributed by atoms with Gasteiger partial charge in [0, 0.05) is 12.0 Å². The molecule has 4 aromatic rings. The van der Waals surface area contributed by atoms with Crippen molar-refractivity contribution in [3.8, 4) is 5.75 Å². The highest BCUT2D eigenvalue weighted by atomic mass is 35.5. The minimum Gasteiger partial charge on any atom is -0.488 e. The molecule has 6 nitrogen and oxygen atoms in total. The molecule has 0 aliphatic rings. The molecule has 1 aromatic heterocycles. The number of carboxylic acids is 1. The van der Waals surface area contributed by atoms with Crippen molar-refractivity contribution in [3.05, 3.63) is 103 Å². The molecule has 3 aromatic carbocycles. The van der Waals surface area contributed by atoms with E-state index in [0.717, 1.165) is 52.9 Å². The molecule has 0 spiro atoms. The number of aromatic carboxylic acids is 1. The first kappa shape index (κ1) is 26.4. The second-order valence-corrected chi connectivity index (χ2v) is 9.88. The fourth-order valence-corrected chi connectivity index (χ4v) is 4.96. The molecule has 0 unspecified atom stereocenters. The maximum atomic E-state index is 13.5. The van der Waals surface area contributed by atoms with E-state index in [1.807, 2.05) is 51.1 Å². The number of ether oxygens (including phenoxy) is 1. The molecule has 0 radical (unpaired) electrons. The van der Waals surface area contributed by atoms with Crippen LogP contribution in [0.3, 0.4) is 0 Å². The summed E-state index contributed by atoms with van der Waals surface area (Å²) in [6.45, 7) is 8.49. The molecule has 0 aliphatic carbocycles. The summed E-state index contributed by atoms with van der Waals surface area (Å²) in [6, 6.07) is 14.8. The van der Waals surface area contributed by atoms with Crippen molar-refractivity contribution in [1.82, 2.24) is 9.55 Å². The number of aryl methyl sites for hydroxylation is 4. The van der Waals surface area contributed by atoms with Gasteiger partial charge in [0.15, 0.2) is 0 Å². The Labute approximate surface area is 221 Å². The Morgan fingerprint density at radius 2 is 1.81 bits per heavy atom. The Balaban J connectivity index is 1.66. The Bertz CT molecular complexity index is 1520. The van der Waals surface area contributed by atoms with Gasteiger partial charge in [0.2, 0.25) is 0 Å². The van der Waals surface area contributed by atoms with E-state index in [4.69, 9.17) is 21.3 Å². The molecule has 37 heavy (non-hydrogen) atoms. The van der Waals surface area contributed by atoms with E-state index in [2.05, 4.69) is 6.92 Å². The van der Waals surface area contributed by atoms with E-state index in [-0.39, 0.29) is 22.8 Å². The van der Waals surface area contributed by atoms with Gasteiger partial charge in [0.25, 0.3) is 5.56 Å². The number of benzene rings is 3. The predicted molar refractivity (Wildman–Crippen MR) is 147 cm³/mol. The number of unbranched alkanes of at least 4 members (excludes halogenated alkanes) is 1. The maximum Gasteiger partial charge on any atom is 0.337 e. The number of fused-ring (bicyclic) bond motifs is 1. The lowest BCUT2D eigenvalue weighted by atomic mass is 10.0. The van der Waals surface area contributed by atoms with Gasteiger partial charge in [-0.3, -0.25) is 9.36 Å². The van der Waals surface area contributed by atoms with Crippen molar-refractivity contribution in [2.45, 2.75) is 60.1 Å². The Morgan fingerprint density at radius 3 is 2.49 bits per heavy atom. The van der Waals surface area contributed by atoms with Gasteiger partial charge in [-0.2, -0.15) is 0 Å². The number of carboxylic acid groups (broad SMARTS) is 1. The summed E-state index contributed by atoms with van der Waals surface area (Å²) < 4.78 is 7.86. The monoisotopic (exact) mass is 518 g/mol. The molecule has 0 saturated heterocycles. The summed E-state index contributed by atoms with van der Waals surface area (Å²) in [7, 11) is 0. The van der Waals surface area contributed by atoms with Gasteiger partial charge >= 0.3 is 5.97 Å². The number of hydrogen-bond acceptors (Lipinski definition) is 4. The topological polar surface area (TPSA) is 81.4 Å². The highest BCUT2D eigenvalue weighted by Gasteiger charge is 2.17. The van der Waals surface area contributed by atoms with Crippen molar-refractivity contribution in [3.63, 3.8) is 0 Å². The van der Waals surface area contributed by atoms with E-state index in [1.54, 1.807) is 22.8 Å². The molecular weight excluding hydrogens is 488 g/mol. The summed E-state index contributed by atoms with van der Waals surface area (Å²) >= 11 is 6.10. The molecule has 7 heteroatoms. The summed E-state index contributed by atoms with van der Waals surface area (Å²) in [5.74, 6) is 0.392. The zero-order valence-corrected chi connectivity index (χ0v) is 22.4. The lowest BCUT2D eigenvalue weighted by Crippen LogP contribution is -2.26. The number of nitrogens with zero attached hydrogens (tertiary/aromatic N) is 2. The summed E-state index contributed by atoms with van der Waals surface area (Å²) in [5.41, 5.74) is 5.07. The minimum atomic E-state index is -1.09. The predicted octanol–water partition coefficient (Wildman–Crippen LogP) is 6.64. The van der Waals surface area contributed by atoms with Gasteiger partial charge in [-0.25, -0.2) is 9.78 Å². The number of aromatic nitrogens is 2. The van der Waals surface area contributed by atoms with E-state index in [9.17, 15) is 14.7 Å². The highest BCUT2D eigenvalue weighted by Crippen LogP contribution is 2.28. The third kappa shape index (κ3) is 5.70. The molecule has 0 amide bonds. The first-order valence-electron chi connectivity index (χ1n) is 12.4. The minimum absolute atomic E-state index is 0.0300. The molecule has 0 atom stereocenters. The first-order chi connectivity index (χ1) is 17.7. The van der Waals surface area contributed by atoms with Crippen LogP contribution in [-0.4, -0.2) is 20.6 Å². The van der Waals surface area contributed by atoms with Crippen LogP contribution in [-0.2, 0) is 19.6 Å². The van der Waals surface area contributed by atoms with Gasteiger partial charge < -0.3 is 9.84 Å². The van der Waals surface area contributed by atoms with Crippen LogP contribution in [0.25, 0.3) is 10.9 Å². The molecule has 0 saturated carbocycles.